The number of hydrogen-bond acceptors (Lipinski definition) is 3. The molecule has 1 aromatic heterocycles. The maximum absolute atomic E-state index is 4.47. The molecule has 1 heterocycles. The summed E-state index contributed by atoms with van der Waals surface area (Å²) in [5, 5.41) is 8.86. The van der Waals surface area contributed by atoms with Gasteiger partial charge in [-0.2, -0.15) is 0 Å². The summed E-state index contributed by atoms with van der Waals surface area (Å²) in [5.41, 5.74) is 2.09. The van der Waals surface area contributed by atoms with Crippen molar-refractivity contribution in [3.8, 4) is 0 Å². The van der Waals surface area contributed by atoms with Gasteiger partial charge in [0.05, 0.1) is 12.2 Å². The third kappa shape index (κ3) is 26.5. The highest BCUT2D eigenvalue weighted by molar-refractivity contribution is 5.73. The van der Waals surface area contributed by atoms with Gasteiger partial charge in [-0.25, -0.2) is 4.68 Å². The summed E-state index contributed by atoms with van der Waals surface area (Å²) in [7, 11) is 0. The van der Waals surface area contributed by atoms with Gasteiger partial charge in [0.2, 0.25) is 0 Å². The van der Waals surface area contributed by atoms with Gasteiger partial charge in [-0.05, 0) is 37.8 Å². The first kappa shape index (κ1) is 45.2. The number of aromatic nitrogens is 3. The second kappa shape index (κ2) is 35.1. The number of fused-ring (bicyclic) bond motifs is 1. The van der Waals surface area contributed by atoms with E-state index < -0.39 is 0 Å². The molecule has 0 unspecified atom stereocenters. The summed E-state index contributed by atoms with van der Waals surface area (Å²) in [4.78, 5) is 2.48. The molecule has 1 aromatic carbocycles. The van der Waals surface area contributed by atoms with E-state index in [4.69, 9.17) is 0 Å². The lowest BCUT2D eigenvalue weighted by Gasteiger charge is -2.19. The van der Waals surface area contributed by atoms with Crippen molar-refractivity contribution in [2.24, 2.45) is 0 Å². The van der Waals surface area contributed by atoms with E-state index in [2.05, 4.69) is 76.2 Å². The molecular weight excluding hydrogens is 621 g/mol. The number of hydrogen-bond donors (Lipinski definition) is 0. The van der Waals surface area contributed by atoms with Crippen LogP contribution >= 0.6 is 0 Å². The first-order valence-corrected chi connectivity index (χ1v) is 22.7. The van der Waals surface area contributed by atoms with Crippen molar-refractivity contribution in [3.05, 3.63) is 48.6 Å². The van der Waals surface area contributed by atoms with Crippen LogP contribution in [0, 0.1) is 0 Å². The molecule has 0 aliphatic rings. The highest BCUT2D eigenvalue weighted by Gasteiger charge is 2.08. The van der Waals surface area contributed by atoms with E-state index >= 15 is 0 Å². The van der Waals surface area contributed by atoms with Gasteiger partial charge in [0, 0.05) is 13.1 Å². The number of nitrogens with zero attached hydrogens (tertiary/aromatic N) is 4. The molecule has 0 amide bonds. The van der Waals surface area contributed by atoms with Crippen LogP contribution in [0.1, 0.15) is 219 Å². The fourth-order valence-corrected chi connectivity index (χ4v) is 7.35. The van der Waals surface area contributed by atoms with E-state index in [1.54, 1.807) is 0 Å². The van der Waals surface area contributed by atoms with Crippen molar-refractivity contribution in [2.45, 2.75) is 226 Å². The molecular formula is C47H84N4. The van der Waals surface area contributed by atoms with Crippen LogP contribution in [0.5, 0.6) is 0 Å². The molecule has 2 aromatic rings. The number of allylic oxidation sites excluding steroid dienone is 2. The summed E-state index contributed by atoms with van der Waals surface area (Å²) in [6.45, 7) is 7.29. The van der Waals surface area contributed by atoms with Gasteiger partial charge >= 0.3 is 0 Å². The van der Waals surface area contributed by atoms with Gasteiger partial charge in [0.25, 0.3) is 0 Å². The monoisotopic (exact) mass is 705 g/mol. The number of rotatable bonds is 38. The van der Waals surface area contributed by atoms with E-state index in [-0.39, 0.29) is 0 Å². The van der Waals surface area contributed by atoms with Crippen LogP contribution in [0.25, 0.3) is 11.0 Å². The molecule has 0 N–H and O–H groups in total. The molecule has 0 radical (unpaired) electrons. The smallest absolute Gasteiger partial charge is 0.113 e. The van der Waals surface area contributed by atoms with Gasteiger partial charge in [-0.3, -0.25) is 4.90 Å². The minimum Gasteiger partial charge on any atom is -0.277 e. The largest absolute Gasteiger partial charge is 0.277 e. The van der Waals surface area contributed by atoms with Crippen molar-refractivity contribution in [1.29, 1.82) is 0 Å². The molecule has 0 aliphatic carbocycles. The van der Waals surface area contributed by atoms with Crippen LogP contribution in [0.3, 0.4) is 0 Å². The van der Waals surface area contributed by atoms with Crippen molar-refractivity contribution in [1.82, 2.24) is 19.9 Å². The minimum atomic E-state index is 0.771. The Bertz CT molecular complexity index is 1010. The Labute approximate surface area is 317 Å². The van der Waals surface area contributed by atoms with Crippen LogP contribution in [0.4, 0.5) is 0 Å². The van der Waals surface area contributed by atoms with Crippen molar-refractivity contribution >= 4 is 11.0 Å². The number of unbranched alkanes of at least 4 members (excludes halogenated alkanes) is 30. The predicted molar refractivity (Wildman–Crippen MR) is 226 cm³/mol. The lowest BCUT2D eigenvalue weighted by Crippen LogP contribution is -2.27. The maximum atomic E-state index is 4.47. The average molecular weight is 705 g/mol. The second-order valence-corrected chi connectivity index (χ2v) is 15.7. The molecule has 0 spiro atoms. The summed E-state index contributed by atoms with van der Waals surface area (Å²) in [6.07, 6.45) is 54.7. The van der Waals surface area contributed by atoms with Crippen LogP contribution in [0.2, 0.25) is 0 Å². The molecule has 0 saturated carbocycles. The van der Waals surface area contributed by atoms with E-state index in [1.807, 2.05) is 6.07 Å². The van der Waals surface area contributed by atoms with Crippen LogP contribution in [-0.4, -0.2) is 33.0 Å². The van der Waals surface area contributed by atoms with Crippen molar-refractivity contribution in [3.63, 3.8) is 0 Å². The quantitative estimate of drug-likeness (QED) is 0.0515. The van der Waals surface area contributed by atoms with Crippen LogP contribution < -0.4 is 0 Å². The lowest BCUT2D eigenvalue weighted by molar-refractivity contribution is 0.254. The Morgan fingerprint density at radius 2 is 0.804 bits per heavy atom. The topological polar surface area (TPSA) is 34.0 Å². The first-order chi connectivity index (χ1) is 25.3. The third-order valence-electron chi connectivity index (χ3n) is 10.8. The Hall–Kier alpha value is -1.94. The van der Waals surface area contributed by atoms with Gasteiger partial charge < -0.3 is 0 Å². The molecule has 292 valence electrons. The molecule has 0 saturated heterocycles. The van der Waals surface area contributed by atoms with Gasteiger partial charge in [-0.1, -0.05) is 235 Å². The Morgan fingerprint density at radius 1 is 0.451 bits per heavy atom. The summed E-state index contributed by atoms with van der Waals surface area (Å²) < 4.78 is 2.06. The SMILES string of the molecule is CCCCCCCCCCCCCCCCCC=CCN(CC=CCCCCCCCCCCCCCCCCC)Cn1nnc2ccccc21. The van der Waals surface area contributed by atoms with Gasteiger partial charge in [0.1, 0.15) is 5.52 Å². The highest BCUT2D eigenvalue weighted by Crippen LogP contribution is 2.16. The molecule has 4 nitrogen and oxygen atoms in total. The number of para-hydroxylation sites is 1. The number of benzene rings is 1. The van der Waals surface area contributed by atoms with Crippen molar-refractivity contribution in [2.75, 3.05) is 13.1 Å². The summed E-state index contributed by atoms with van der Waals surface area (Å²) in [5.74, 6) is 0. The minimum absolute atomic E-state index is 0.771. The Kier molecular flexibility index (Phi) is 31.1. The van der Waals surface area contributed by atoms with E-state index in [9.17, 15) is 0 Å². The molecule has 2 rings (SSSR count). The molecule has 0 aliphatic heterocycles. The summed E-state index contributed by atoms with van der Waals surface area (Å²) in [6, 6.07) is 8.31. The molecule has 0 fully saturated rings. The van der Waals surface area contributed by atoms with Crippen LogP contribution in [0.15, 0.2) is 48.6 Å². The molecule has 4 heteroatoms. The fraction of sp³-hybridized carbons (Fsp3) is 0.787. The second-order valence-electron chi connectivity index (χ2n) is 15.7. The fourth-order valence-electron chi connectivity index (χ4n) is 7.35. The first-order valence-electron chi connectivity index (χ1n) is 22.7. The van der Waals surface area contributed by atoms with Gasteiger partial charge in [0.15, 0.2) is 0 Å². The van der Waals surface area contributed by atoms with Crippen LogP contribution in [-0.2, 0) is 6.67 Å². The Morgan fingerprint density at radius 3 is 1.20 bits per heavy atom. The standard InChI is InChI=1S/C47H84N4/c1-3-5-7-9-11-13-15-17-19-21-23-25-27-29-31-33-35-39-43-50(45-51-47-42-38-37-41-46(47)48-49-51)44-40-36-34-32-30-28-26-24-22-20-18-16-14-12-10-8-6-4-2/h35-42H,3-34,43-45H2,1-2H3. The normalized spacial score (nSPS) is 12.1. The Balaban J connectivity index is 1.51. The van der Waals surface area contributed by atoms with E-state index in [0.29, 0.717) is 0 Å². The maximum Gasteiger partial charge on any atom is 0.113 e. The highest BCUT2D eigenvalue weighted by atomic mass is 15.5. The zero-order valence-electron chi connectivity index (χ0n) is 34.2. The average Bonchev–Trinajstić information content (AvgIpc) is 3.56. The predicted octanol–water partition coefficient (Wildman–Crippen LogP) is 15.3. The van der Waals surface area contributed by atoms with Gasteiger partial charge in [-0.15, -0.1) is 5.10 Å². The molecule has 0 bridgehead atoms. The lowest BCUT2D eigenvalue weighted by atomic mass is 10.0. The molecule has 0 atom stereocenters. The molecule has 51 heavy (non-hydrogen) atoms. The van der Waals surface area contributed by atoms with E-state index in [1.165, 1.54) is 205 Å². The van der Waals surface area contributed by atoms with Crippen molar-refractivity contribution < 1.29 is 0 Å². The zero-order valence-corrected chi connectivity index (χ0v) is 34.2. The third-order valence-corrected chi connectivity index (χ3v) is 10.8. The summed E-state index contributed by atoms with van der Waals surface area (Å²) >= 11 is 0. The zero-order chi connectivity index (χ0) is 36.1. The van der Waals surface area contributed by atoms with E-state index in [0.717, 1.165) is 30.8 Å².